The average Bonchev–Trinajstić information content (AvgIpc) is 2.46. The highest BCUT2D eigenvalue weighted by Crippen LogP contribution is 2.15. The molecule has 3 nitrogen and oxygen atoms in total. The van der Waals surface area contributed by atoms with Crippen molar-refractivity contribution in [1.82, 2.24) is 5.32 Å². The Morgan fingerprint density at radius 3 is 2.55 bits per heavy atom. The van der Waals surface area contributed by atoms with E-state index in [0.29, 0.717) is 11.6 Å². The molecule has 0 aliphatic carbocycles. The van der Waals surface area contributed by atoms with Crippen molar-refractivity contribution in [3.63, 3.8) is 0 Å². The second-order valence-corrected chi connectivity index (χ2v) is 4.56. The number of nitrogens with one attached hydrogen (secondary N) is 1. The van der Waals surface area contributed by atoms with E-state index >= 15 is 0 Å². The SMILES string of the molecule is O=C(COc1ccccc1F)NCc1ccc(Cl)cc1. The summed E-state index contributed by atoms with van der Waals surface area (Å²) in [6.45, 7) is 0.144. The zero-order valence-corrected chi connectivity index (χ0v) is 11.4. The summed E-state index contributed by atoms with van der Waals surface area (Å²) < 4.78 is 18.4. The maximum atomic E-state index is 13.3. The maximum absolute atomic E-state index is 13.3. The summed E-state index contributed by atoms with van der Waals surface area (Å²) in [5.74, 6) is -0.740. The molecule has 0 unspecified atom stereocenters. The summed E-state index contributed by atoms with van der Waals surface area (Å²) >= 11 is 5.76. The van der Waals surface area contributed by atoms with Crippen LogP contribution in [-0.4, -0.2) is 12.5 Å². The highest BCUT2D eigenvalue weighted by Gasteiger charge is 2.06. The number of carbonyl (C=O) groups excluding carboxylic acids is 1. The molecule has 2 aromatic carbocycles. The van der Waals surface area contributed by atoms with Gasteiger partial charge in [0.15, 0.2) is 18.2 Å². The lowest BCUT2D eigenvalue weighted by Gasteiger charge is -2.08. The fourth-order valence-corrected chi connectivity index (χ4v) is 1.69. The molecule has 20 heavy (non-hydrogen) atoms. The van der Waals surface area contributed by atoms with Gasteiger partial charge in [-0.1, -0.05) is 35.9 Å². The molecule has 0 aliphatic rings. The summed E-state index contributed by atoms with van der Waals surface area (Å²) in [4.78, 5) is 11.6. The standard InChI is InChI=1S/C15H13ClFNO2/c16-12-7-5-11(6-8-12)9-18-15(19)10-20-14-4-2-1-3-13(14)17/h1-8H,9-10H2,(H,18,19). The second kappa shape index (κ2) is 6.91. The van der Waals surface area contributed by atoms with Gasteiger partial charge in [0.2, 0.25) is 0 Å². The zero-order chi connectivity index (χ0) is 14.4. The first-order chi connectivity index (χ1) is 9.65. The average molecular weight is 294 g/mol. The van der Waals surface area contributed by atoms with Crippen LogP contribution in [0.2, 0.25) is 5.02 Å². The molecule has 1 amide bonds. The van der Waals surface area contributed by atoms with Gasteiger partial charge in [-0.3, -0.25) is 4.79 Å². The van der Waals surface area contributed by atoms with Gasteiger partial charge >= 0.3 is 0 Å². The van der Waals surface area contributed by atoms with E-state index in [1.54, 1.807) is 24.3 Å². The lowest BCUT2D eigenvalue weighted by molar-refractivity contribution is -0.123. The zero-order valence-electron chi connectivity index (χ0n) is 10.6. The minimum atomic E-state index is -0.488. The van der Waals surface area contributed by atoms with Gasteiger partial charge in [0.25, 0.3) is 5.91 Å². The number of amides is 1. The number of benzene rings is 2. The summed E-state index contributed by atoms with van der Waals surface area (Å²) in [6, 6.07) is 13.1. The topological polar surface area (TPSA) is 38.3 Å². The van der Waals surface area contributed by atoms with Crippen LogP contribution in [0.5, 0.6) is 5.75 Å². The van der Waals surface area contributed by atoms with Crippen LogP contribution in [0.3, 0.4) is 0 Å². The number of carbonyl (C=O) groups is 1. The molecule has 0 atom stereocenters. The smallest absolute Gasteiger partial charge is 0.258 e. The first-order valence-corrected chi connectivity index (χ1v) is 6.41. The van der Waals surface area contributed by atoms with Gasteiger partial charge in [-0.2, -0.15) is 0 Å². The van der Waals surface area contributed by atoms with Gasteiger partial charge in [0.05, 0.1) is 0 Å². The van der Waals surface area contributed by atoms with Crippen molar-refractivity contribution < 1.29 is 13.9 Å². The summed E-state index contributed by atoms with van der Waals surface area (Å²) in [6.07, 6.45) is 0. The highest BCUT2D eigenvalue weighted by atomic mass is 35.5. The normalized spacial score (nSPS) is 10.1. The molecular weight excluding hydrogens is 281 g/mol. The van der Waals surface area contributed by atoms with Crippen molar-refractivity contribution >= 4 is 17.5 Å². The van der Waals surface area contributed by atoms with Crippen LogP contribution in [0.15, 0.2) is 48.5 Å². The molecule has 5 heteroatoms. The van der Waals surface area contributed by atoms with Gasteiger partial charge in [-0.15, -0.1) is 0 Å². The molecular formula is C15H13ClFNO2. The van der Waals surface area contributed by atoms with Crippen LogP contribution >= 0.6 is 11.6 Å². The quantitative estimate of drug-likeness (QED) is 0.919. The van der Waals surface area contributed by atoms with Crippen LogP contribution in [0.4, 0.5) is 4.39 Å². The maximum Gasteiger partial charge on any atom is 0.258 e. The second-order valence-electron chi connectivity index (χ2n) is 4.12. The Labute approximate surface area is 121 Å². The predicted molar refractivity (Wildman–Crippen MR) is 75.2 cm³/mol. The largest absolute Gasteiger partial charge is 0.481 e. The van der Waals surface area contributed by atoms with E-state index in [2.05, 4.69) is 5.32 Å². The minimum Gasteiger partial charge on any atom is -0.481 e. The number of para-hydroxylation sites is 1. The van der Waals surface area contributed by atoms with Gasteiger partial charge in [-0.25, -0.2) is 4.39 Å². The molecule has 2 aromatic rings. The van der Waals surface area contributed by atoms with Gasteiger partial charge in [0, 0.05) is 11.6 Å². The Morgan fingerprint density at radius 2 is 1.85 bits per heavy atom. The summed E-state index contributed by atoms with van der Waals surface area (Å²) in [7, 11) is 0. The van der Waals surface area contributed by atoms with Crippen LogP contribution in [0, 0.1) is 5.82 Å². The van der Waals surface area contributed by atoms with Crippen molar-refractivity contribution in [3.05, 3.63) is 64.9 Å². The number of ether oxygens (including phenoxy) is 1. The monoisotopic (exact) mass is 293 g/mol. The molecule has 0 bridgehead atoms. The summed E-state index contributed by atoms with van der Waals surface area (Å²) in [5, 5.41) is 3.32. The van der Waals surface area contributed by atoms with Crippen molar-refractivity contribution in [2.24, 2.45) is 0 Å². The minimum absolute atomic E-state index is 0.0640. The fraction of sp³-hybridized carbons (Fsp3) is 0.133. The number of hydrogen-bond donors (Lipinski definition) is 1. The molecule has 0 saturated heterocycles. The van der Waals surface area contributed by atoms with E-state index in [9.17, 15) is 9.18 Å². The third kappa shape index (κ3) is 4.24. The predicted octanol–water partition coefficient (Wildman–Crippen LogP) is 3.17. The van der Waals surface area contributed by atoms with E-state index in [4.69, 9.17) is 16.3 Å². The van der Waals surface area contributed by atoms with E-state index in [-0.39, 0.29) is 18.3 Å². The first kappa shape index (κ1) is 14.3. The number of halogens is 2. The van der Waals surface area contributed by atoms with Crippen LogP contribution in [-0.2, 0) is 11.3 Å². The van der Waals surface area contributed by atoms with Gasteiger partial charge in [0.1, 0.15) is 0 Å². The Morgan fingerprint density at radius 1 is 1.15 bits per heavy atom. The number of hydrogen-bond acceptors (Lipinski definition) is 2. The molecule has 104 valence electrons. The third-order valence-electron chi connectivity index (χ3n) is 2.60. The molecule has 1 N–H and O–H groups in total. The lowest BCUT2D eigenvalue weighted by atomic mass is 10.2. The van der Waals surface area contributed by atoms with Gasteiger partial charge in [-0.05, 0) is 29.8 Å². The van der Waals surface area contributed by atoms with Crippen LogP contribution in [0.25, 0.3) is 0 Å². The molecule has 0 spiro atoms. The first-order valence-electron chi connectivity index (χ1n) is 6.03. The Balaban J connectivity index is 1.78. The Bertz CT molecular complexity index is 587. The molecule has 0 heterocycles. The molecule has 2 rings (SSSR count). The van der Waals surface area contributed by atoms with E-state index in [1.165, 1.54) is 12.1 Å². The molecule has 0 aliphatic heterocycles. The Hall–Kier alpha value is -2.07. The van der Waals surface area contributed by atoms with Crippen molar-refractivity contribution in [2.75, 3.05) is 6.61 Å². The third-order valence-corrected chi connectivity index (χ3v) is 2.85. The highest BCUT2D eigenvalue weighted by molar-refractivity contribution is 6.30. The fourth-order valence-electron chi connectivity index (χ4n) is 1.56. The Kier molecular flexibility index (Phi) is 4.96. The van der Waals surface area contributed by atoms with E-state index < -0.39 is 5.82 Å². The van der Waals surface area contributed by atoms with Crippen molar-refractivity contribution in [2.45, 2.75) is 6.54 Å². The van der Waals surface area contributed by atoms with Crippen molar-refractivity contribution in [3.8, 4) is 5.75 Å². The van der Waals surface area contributed by atoms with Gasteiger partial charge < -0.3 is 10.1 Å². The van der Waals surface area contributed by atoms with E-state index in [1.807, 2.05) is 12.1 Å². The van der Waals surface area contributed by atoms with Crippen LogP contribution < -0.4 is 10.1 Å². The molecule has 0 fully saturated rings. The molecule has 0 saturated carbocycles. The summed E-state index contributed by atoms with van der Waals surface area (Å²) in [5.41, 5.74) is 0.925. The van der Waals surface area contributed by atoms with Crippen molar-refractivity contribution in [1.29, 1.82) is 0 Å². The van der Waals surface area contributed by atoms with Crippen LogP contribution in [0.1, 0.15) is 5.56 Å². The number of rotatable bonds is 5. The molecule has 0 aromatic heterocycles. The van der Waals surface area contributed by atoms with E-state index in [0.717, 1.165) is 5.56 Å². The lowest BCUT2D eigenvalue weighted by Crippen LogP contribution is -2.28. The molecule has 0 radical (unpaired) electrons.